The molecule has 0 heterocycles. The van der Waals surface area contributed by atoms with Crippen molar-refractivity contribution in [2.24, 2.45) is 5.41 Å². The zero-order valence-corrected chi connectivity index (χ0v) is 19.6. The van der Waals surface area contributed by atoms with E-state index in [0.29, 0.717) is 11.1 Å². The zero-order valence-electron chi connectivity index (χ0n) is 19.6. The fourth-order valence-electron chi connectivity index (χ4n) is 5.51. The van der Waals surface area contributed by atoms with Crippen molar-refractivity contribution in [2.45, 2.75) is 33.6 Å². The van der Waals surface area contributed by atoms with E-state index in [0.717, 1.165) is 38.9 Å². The minimum absolute atomic E-state index is 0.0205. The highest BCUT2D eigenvalue weighted by Crippen LogP contribution is 2.53. The molecule has 0 N–H and O–H groups in total. The molecule has 0 saturated heterocycles. The summed E-state index contributed by atoms with van der Waals surface area (Å²) in [5.74, 6) is -1.17. The maximum absolute atomic E-state index is 13.5. The first-order valence-corrected chi connectivity index (χ1v) is 11.7. The van der Waals surface area contributed by atoms with Crippen LogP contribution in [0, 0.1) is 12.3 Å². The third-order valence-electron chi connectivity index (χ3n) is 7.01. The van der Waals surface area contributed by atoms with Gasteiger partial charge in [-0.2, -0.15) is 0 Å². The lowest BCUT2D eigenvalue weighted by atomic mass is 9.83. The Hall–Kier alpha value is -3.73. The molecular weight excluding hydrogens is 428 g/mol. The summed E-state index contributed by atoms with van der Waals surface area (Å²) in [7, 11) is 0. The first-order valence-electron chi connectivity index (χ1n) is 11.7. The molecule has 0 spiro atoms. The van der Waals surface area contributed by atoms with Crippen LogP contribution >= 0.6 is 0 Å². The Balaban J connectivity index is 1.82. The second kappa shape index (κ2) is 8.24. The Kier molecular flexibility index (Phi) is 5.35. The lowest BCUT2D eigenvalue weighted by Crippen LogP contribution is -2.43. The predicted molar refractivity (Wildman–Crippen MR) is 129 cm³/mol. The van der Waals surface area contributed by atoms with Gasteiger partial charge in [-0.3, -0.25) is 14.4 Å². The van der Waals surface area contributed by atoms with Gasteiger partial charge < -0.3 is 9.47 Å². The molecule has 0 aliphatic heterocycles. The van der Waals surface area contributed by atoms with Crippen molar-refractivity contribution in [3.05, 3.63) is 82.4 Å². The van der Waals surface area contributed by atoms with Gasteiger partial charge in [0.15, 0.2) is 11.2 Å². The molecule has 3 aromatic rings. The van der Waals surface area contributed by atoms with Crippen LogP contribution in [-0.4, -0.2) is 30.9 Å². The fraction of sp³-hybridized carbons (Fsp3) is 0.276. The van der Waals surface area contributed by atoms with Crippen molar-refractivity contribution in [2.75, 3.05) is 13.2 Å². The molecule has 0 atom stereocenters. The first kappa shape index (κ1) is 22.1. The molecule has 0 radical (unpaired) electrons. The molecular formula is C29H26O5. The van der Waals surface area contributed by atoms with E-state index in [1.54, 1.807) is 13.8 Å². The lowest BCUT2D eigenvalue weighted by Gasteiger charge is -2.24. The average molecular weight is 455 g/mol. The Labute approximate surface area is 198 Å². The van der Waals surface area contributed by atoms with E-state index in [9.17, 15) is 14.4 Å². The van der Waals surface area contributed by atoms with Gasteiger partial charge in [0.2, 0.25) is 0 Å². The van der Waals surface area contributed by atoms with E-state index in [1.807, 2.05) is 61.5 Å². The number of esters is 2. The highest BCUT2D eigenvalue weighted by atomic mass is 16.6. The summed E-state index contributed by atoms with van der Waals surface area (Å²) in [6.45, 7) is 5.71. The molecule has 34 heavy (non-hydrogen) atoms. The van der Waals surface area contributed by atoms with Gasteiger partial charge in [0.25, 0.3) is 0 Å². The van der Waals surface area contributed by atoms with Gasteiger partial charge in [-0.25, -0.2) is 0 Å². The number of ketones is 1. The van der Waals surface area contributed by atoms with Gasteiger partial charge >= 0.3 is 11.9 Å². The number of hydrogen-bond acceptors (Lipinski definition) is 5. The smallest absolute Gasteiger partial charge is 0.324 e. The van der Waals surface area contributed by atoms with Crippen LogP contribution in [0.4, 0.5) is 0 Å². The van der Waals surface area contributed by atoms with Crippen LogP contribution in [0.15, 0.2) is 54.6 Å². The van der Waals surface area contributed by atoms with Crippen LogP contribution < -0.4 is 0 Å². The summed E-state index contributed by atoms with van der Waals surface area (Å²) >= 11 is 0. The van der Waals surface area contributed by atoms with Crippen LogP contribution in [0.5, 0.6) is 0 Å². The summed E-state index contributed by atoms with van der Waals surface area (Å²) in [4.78, 5) is 40.0. The van der Waals surface area contributed by atoms with E-state index < -0.39 is 17.4 Å². The Morgan fingerprint density at radius 1 is 0.765 bits per heavy atom. The van der Waals surface area contributed by atoms with Crippen LogP contribution in [0.3, 0.4) is 0 Å². The van der Waals surface area contributed by atoms with E-state index in [-0.39, 0.29) is 31.8 Å². The van der Waals surface area contributed by atoms with Crippen molar-refractivity contribution in [1.29, 1.82) is 0 Å². The van der Waals surface area contributed by atoms with E-state index >= 15 is 0 Å². The number of hydrogen-bond donors (Lipinski definition) is 0. The molecule has 5 rings (SSSR count). The van der Waals surface area contributed by atoms with Crippen molar-refractivity contribution in [3.63, 3.8) is 0 Å². The number of carbonyl (C=O) groups excluding carboxylic acids is 3. The molecule has 172 valence electrons. The number of carbonyl (C=O) groups is 3. The van der Waals surface area contributed by atoms with Crippen molar-refractivity contribution < 1.29 is 23.9 Å². The van der Waals surface area contributed by atoms with E-state index in [4.69, 9.17) is 9.47 Å². The van der Waals surface area contributed by atoms with Crippen LogP contribution in [-0.2, 0) is 31.9 Å². The summed E-state index contributed by atoms with van der Waals surface area (Å²) in [5.41, 5.74) is 6.09. The standard InChI is InChI=1S/C29H26O5/c1-4-33-27(31)29(28(32)34-5-2)15-21-17(3)23-25(19-13-9-10-14-20(19)26(23)30)24(22(21)16-29)18-11-7-6-8-12-18/h6-14H,4-5,15-16H2,1-3H3. The lowest BCUT2D eigenvalue weighted by molar-refractivity contribution is -0.171. The second-order valence-corrected chi connectivity index (χ2v) is 8.82. The van der Waals surface area contributed by atoms with Crippen molar-refractivity contribution >= 4 is 17.7 Å². The highest BCUT2D eigenvalue weighted by molar-refractivity contribution is 6.25. The van der Waals surface area contributed by atoms with Crippen molar-refractivity contribution in [1.82, 2.24) is 0 Å². The zero-order chi connectivity index (χ0) is 24.0. The molecule has 0 saturated carbocycles. The molecule has 2 aliphatic carbocycles. The summed E-state index contributed by atoms with van der Waals surface area (Å²) in [6.07, 6.45) is 0.331. The molecule has 0 fully saturated rings. The number of rotatable bonds is 5. The fourth-order valence-corrected chi connectivity index (χ4v) is 5.51. The monoisotopic (exact) mass is 454 g/mol. The molecule has 3 aromatic carbocycles. The molecule has 0 aromatic heterocycles. The van der Waals surface area contributed by atoms with Crippen LogP contribution in [0.25, 0.3) is 22.3 Å². The van der Waals surface area contributed by atoms with Gasteiger partial charge in [0.1, 0.15) is 0 Å². The molecule has 5 heteroatoms. The second-order valence-electron chi connectivity index (χ2n) is 8.82. The number of ether oxygens (including phenoxy) is 2. The highest BCUT2D eigenvalue weighted by Gasteiger charge is 2.55. The van der Waals surface area contributed by atoms with Crippen LogP contribution in [0.2, 0.25) is 0 Å². The summed E-state index contributed by atoms with van der Waals surface area (Å²) in [5, 5.41) is 0. The third-order valence-corrected chi connectivity index (χ3v) is 7.01. The molecule has 5 nitrogen and oxygen atoms in total. The minimum Gasteiger partial charge on any atom is -0.465 e. The Morgan fingerprint density at radius 2 is 1.32 bits per heavy atom. The van der Waals surface area contributed by atoms with Gasteiger partial charge in [-0.15, -0.1) is 0 Å². The van der Waals surface area contributed by atoms with Crippen LogP contribution in [0.1, 0.15) is 46.5 Å². The molecule has 0 amide bonds. The predicted octanol–water partition coefficient (Wildman–Crippen LogP) is 5.08. The average Bonchev–Trinajstić information content (AvgIpc) is 3.39. The van der Waals surface area contributed by atoms with Gasteiger partial charge in [0.05, 0.1) is 13.2 Å². The number of benzene rings is 3. The molecule has 0 unspecified atom stereocenters. The van der Waals surface area contributed by atoms with E-state index in [2.05, 4.69) is 0 Å². The van der Waals surface area contributed by atoms with Gasteiger partial charge in [-0.1, -0.05) is 54.6 Å². The first-order chi connectivity index (χ1) is 16.4. The topological polar surface area (TPSA) is 69.7 Å². The minimum atomic E-state index is -1.46. The summed E-state index contributed by atoms with van der Waals surface area (Å²) < 4.78 is 10.8. The molecule has 0 bridgehead atoms. The Morgan fingerprint density at radius 3 is 1.94 bits per heavy atom. The number of fused-ring (bicyclic) bond motifs is 4. The largest absolute Gasteiger partial charge is 0.465 e. The maximum atomic E-state index is 13.5. The van der Waals surface area contributed by atoms with Crippen molar-refractivity contribution in [3.8, 4) is 22.3 Å². The van der Waals surface area contributed by atoms with E-state index in [1.165, 1.54) is 0 Å². The normalized spacial score (nSPS) is 14.9. The van der Waals surface area contributed by atoms with Gasteiger partial charge in [-0.05, 0) is 54.2 Å². The quantitative estimate of drug-likeness (QED) is 0.311. The Bertz CT molecular complexity index is 1320. The maximum Gasteiger partial charge on any atom is 0.324 e. The third kappa shape index (κ3) is 3.03. The molecule has 2 aliphatic rings. The summed E-state index contributed by atoms with van der Waals surface area (Å²) in [6, 6.07) is 17.5. The SMILES string of the molecule is CCOC(=O)C1(C(=O)OCC)Cc2c(C)c3c(c(-c4ccccc4)c2C1)-c1ccccc1C3=O. The van der Waals surface area contributed by atoms with Gasteiger partial charge in [0, 0.05) is 29.5 Å².